The van der Waals surface area contributed by atoms with Crippen molar-refractivity contribution in [2.45, 2.75) is 25.3 Å². The highest BCUT2D eigenvalue weighted by Crippen LogP contribution is 2.22. The van der Waals surface area contributed by atoms with Crippen molar-refractivity contribution in [2.75, 3.05) is 31.6 Å². The van der Waals surface area contributed by atoms with Crippen molar-refractivity contribution in [3.05, 3.63) is 24.3 Å². The molecule has 0 spiro atoms. The second-order valence-corrected chi connectivity index (χ2v) is 5.58. The number of hydrogen-bond donors (Lipinski definition) is 3. The summed E-state index contributed by atoms with van der Waals surface area (Å²) in [7, 11) is 1.65. The zero-order chi connectivity index (χ0) is 16.7. The first kappa shape index (κ1) is 16.9. The fourth-order valence-corrected chi connectivity index (χ4v) is 2.61. The third kappa shape index (κ3) is 5.36. The van der Waals surface area contributed by atoms with E-state index in [0.717, 1.165) is 37.4 Å². The maximum atomic E-state index is 11.7. The molecule has 1 heterocycles. The molecule has 3 amide bonds. The van der Waals surface area contributed by atoms with Crippen molar-refractivity contribution in [2.24, 2.45) is 5.73 Å². The number of methoxy groups -OCH3 is 1. The molecule has 126 valence electrons. The van der Waals surface area contributed by atoms with Crippen molar-refractivity contribution >= 4 is 17.6 Å². The van der Waals surface area contributed by atoms with E-state index in [-0.39, 0.29) is 25.0 Å². The minimum atomic E-state index is -0.418. The molecule has 0 aliphatic carbocycles. The second kappa shape index (κ2) is 8.26. The average Bonchev–Trinajstić information content (AvgIpc) is 2.55. The third-order valence-electron chi connectivity index (χ3n) is 3.92. The summed E-state index contributed by atoms with van der Waals surface area (Å²) in [6, 6.07) is 7.90. The molecule has 0 saturated carbocycles. The predicted octanol–water partition coefficient (Wildman–Crippen LogP) is 0.839. The summed E-state index contributed by atoms with van der Waals surface area (Å²) in [5.74, 6) is 0.427. The molecule has 2 rings (SSSR count). The van der Waals surface area contributed by atoms with Gasteiger partial charge in [0.1, 0.15) is 5.75 Å². The maximum Gasteiger partial charge on any atom is 0.315 e. The number of piperidine rings is 1. The normalized spacial score (nSPS) is 15.1. The van der Waals surface area contributed by atoms with Gasteiger partial charge in [-0.15, -0.1) is 0 Å². The van der Waals surface area contributed by atoms with Crippen LogP contribution in [-0.2, 0) is 4.79 Å². The number of amides is 3. The molecule has 1 saturated heterocycles. The molecule has 7 nitrogen and oxygen atoms in total. The molecule has 1 aliphatic heterocycles. The van der Waals surface area contributed by atoms with Crippen LogP contribution in [0, 0.1) is 0 Å². The molecular weight excluding hydrogens is 296 g/mol. The van der Waals surface area contributed by atoms with E-state index in [1.807, 2.05) is 24.3 Å². The number of carbonyl (C=O) groups is 2. The molecule has 4 N–H and O–H groups in total. The SMILES string of the molecule is COc1ccc(N2CCC(NC(=O)NCCC(N)=O)CC2)cc1. The molecule has 0 unspecified atom stereocenters. The van der Waals surface area contributed by atoms with Gasteiger partial charge in [-0.2, -0.15) is 0 Å². The van der Waals surface area contributed by atoms with E-state index in [2.05, 4.69) is 15.5 Å². The van der Waals surface area contributed by atoms with E-state index < -0.39 is 5.91 Å². The Morgan fingerprint density at radius 1 is 1.26 bits per heavy atom. The summed E-state index contributed by atoms with van der Waals surface area (Å²) >= 11 is 0. The van der Waals surface area contributed by atoms with E-state index in [1.54, 1.807) is 7.11 Å². The monoisotopic (exact) mass is 320 g/mol. The summed E-state index contributed by atoms with van der Waals surface area (Å²) in [6.45, 7) is 2.04. The van der Waals surface area contributed by atoms with Gasteiger partial charge < -0.3 is 26.0 Å². The highest BCUT2D eigenvalue weighted by molar-refractivity contribution is 5.77. The van der Waals surface area contributed by atoms with Crippen LogP contribution in [0.2, 0.25) is 0 Å². The number of urea groups is 1. The molecule has 0 radical (unpaired) electrons. The Hall–Kier alpha value is -2.44. The molecule has 1 aliphatic rings. The first-order chi connectivity index (χ1) is 11.1. The van der Waals surface area contributed by atoms with Gasteiger partial charge in [-0.25, -0.2) is 4.79 Å². The van der Waals surface area contributed by atoms with Crippen LogP contribution in [0.1, 0.15) is 19.3 Å². The van der Waals surface area contributed by atoms with Crippen LogP contribution in [0.25, 0.3) is 0 Å². The molecule has 0 aromatic heterocycles. The van der Waals surface area contributed by atoms with Crippen LogP contribution in [0.5, 0.6) is 5.75 Å². The summed E-state index contributed by atoms with van der Waals surface area (Å²) in [4.78, 5) is 24.6. The van der Waals surface area contributed by atoms with Gasteiger partial charge in [-0.3, -0.25) is 4.79 Å². The van der Waals surface area contributed by atoms with Crippen molar-refractivity contribution in [1.29, 1.82) is 0 Å². The van der Waals surface area contributed by atoms with Crippen LogP contribution in [0.3, 0.4) is 0 Å². The Labute approximate surface area is 136 Å². The highest BCUT2D eigenvalue weighted by Gasteiger charge is 2.20. The van der Waals surface area contributed by atoms with E-state index in [0.29, 0.717) is 0 Å². The van der Waals surface area contributed by atoms with Crippen molar-refractivity contribution in [1.82, 2.24) is 10.6 Å². The summed E-state index contributed by atoms with van der Waals surface area (Å²) in [5, 5.41) is 5.57. The van der Waals surface area contributed by atoms with Crippen LogP contribution in [-0.4, -0.2) is 44.7 Å². The lowest BCUT2D eigenvalue weighted by Crippen LogP contribution is -2.48. The van der Waals surface area contributed by atoms with Crippen molar-refractivity contribution < 1.29 is 14.3 Å². The number of nitrogens with one attached hydrogen (secondary N) is 2. The highest BCUT2D eigenvalue weighted by atomic mass is 16.5. The Morgan fingerprint density at radius 2 is 1.91 bits per heavy atom. The van der Waals surface area contributed by atoms with E-state index >= 15 is 0 Å². The number of nitrogens with zero attached hydrogens (tertiary/aromatic N) is 1. The molecule has 7 heteroatoms. The molecule has 1 aromatic carbocycles. The Kier molecular flexibility index (Phi) is 6.08. The molecular formula is C16H24N4O3. The number of benzene rings is 1. The standard InChI is InChI=1S/C16H24N4O3/c1-23-14-4-2-13(3-5-14)20-10-7-12(8-11-20)19-16(22)18-9-6-15(17)21/h2-5,12H,6-11H2,1H3,(H2,17,21)(H2,18,19,22). The average molecular weight is 320 g/mol. The van der Waals surface area contributed by atoms with E-state index in [4.69, 9.17) is 10.5 Å². The fraction of sp³-hybridized carbons (Fsp3) is 0.500. The number of ether oxygens (including phenoxy) is 1. The summed E-state index contributed by atoms with van der Waals surface area (Å²) < 4.78 is 5.16. The van der Waals surface area contributed by atoms with Gasteiger partial charge in [0.25, 0.3) is 0 Å². The van der Waals surface area contributed by atoms with Gasteiger partial charge in [0.05, 0.1) is 7.11 Å². The van der Waals surface area contributed by atoms with Gasteiger partial charge in [0, 0.05) is 37.8 Å². The third-order valence-corrected chi connectivity index (χ3v) is 3.92. The van der Waals surface area contributed by atoms with Crippen molar-refractivity contribution in [3.8, 4) is 5.75 Å². The lowest BCUT2D eigenvalue weighted by atomic mass is 10.0. The predicted molar refractivity (Wildman–Crippen MR) is 88.6 cm³/mol. The van der Waals surface area contributed by atoms with Gasteiger partial charge in [0.2, 0.25) is 5.91 Å². The van der Waals surface area contributed by atoms with Gasteiger partial charge >= 0.3 is 6.03 Å². The number of nitrogens with two attached hydrogens (primary N) is 1. The fourth-order valence-electron chi connectivity index (χ4n) is 2.61. The maximum absolute atomic E-state index is 11.7. The van der Waals surface area contributed by atoms with Gasteiger partial charge in [-0.1, -0.05) is 0 Å². The summed E-state index contributed by atoms with van der Waals surface area (Å²) in [5.41, 5.74) is 6.19. The number of primary amides is 1. The van der Waals surface area contributed by atoms with E-state index in [9.17, 15) is 9.59 Å². The number of hydrogen-bond acceptors (Lipinski definition) is 4. The smallest absolute Gasteiger partial charge is 0.315 e. The zero-order valence-corrected chi connectivity index (χ0v) is 13.4. The topological polar surface area (TPSA) is 96.7 Å². The molecule has 1 aromatic rings. The lowest BCUT2D eigenvalue weighted by molar-refractivity contribution is -0.117. The minimum Gasteiger partial charge on any atom is -0.497 e. The van der Waals surface area contributed by atoms with Crippen LogP contribution in [0.4, 0.5) is 10.5 Å². The lowest BCUT2D eigenvalue weighted by Gasteiger charge is -2.34. The van der Waals surface area contributed by atoms with Crippen LogP contribution < -0.4 is 26.0 Å². The zero-order valence-electron chi connectivity index (χ0n) is 13.4. The Balaban J connectivity index is 1.72. The first-order valence-electron chi connectivity index (χ1n) is 7.80. The van der Waals surface area contributed by atoms with Gasteiger partial charge in [-0.05, 0) is 37.1 Å². The number of carbonyl (C=O) groups excluding carboxylic acids is 2. The molecule has 23 heavy (non-hydrogen) atoms. The second-order valence-electron chi connectivity index (χ2n) is 5.58. The molecule has 0 atom stereocenters. The minimum absolute atomic E-state index is 0.151. The molecule has 1 fully saturated rings. The first-order valence-corrected chi connectivity index (χ1v) is 7.80. The van der Waals surface area contributed by atoms with Crippen LogP contribution >= 0.6 is 0 Å². The largest absolute Gasteiger partial charge is 0.497 e. The number of rotatable bonds is 6. The quantitative estimate of drug-likeness (QED) is 0.723. The van der Waals surface area contributed by atoms with E-state index in [1.165, 1.54) is 0 Å². The van der Waals surface area contributed by atoms with Crippen molar-refractivity contribution in [3.63, 3.8) is 0 Å². The summed E-state index contributed by atoms with van der Waals surface area (Å²) in [6.07, 6.45) is 1.92. The van der Waals surface area contributed by atoms with Crippen LogP contribution in [0.15, 0.2) is 24.3 Å². The Morgan fingerprint density at radius 3 is 2.48 bits per heavy atom. The van der Waals surface area contributed by atoms with Gasteiger partial charge in [0.15, 0.2) is 0 Å². The Bertz CT molecular complexity index is 525. The number of anilines is 1. The molecule has 0 bridgehead atoms.